The topological polar surface area (TPSA) is 69.6 Å². The quantitative estimate of drug-likeness (QED) is 0.358. The van der Waals surface area contributed by atoms with E-state index in [2.05, 4.69) is 3.79 Å². The molecule has 6 heteroatoms. The molecule has 0 fully saturated rings. The Bertz CT molecular complexity index is 55.7. The van der Waals surface area contributed by atoms with Crippen LogP contribution in [-0.2, 0) is 3.79 Å². The van der Waals surface area contributed by atoms with Crippen LogP contribution in [0.1, 0.15) is 0 Å². The summed E-state index contributed by atoms with van der Waals surface area (Å²) in [7, 11) is 0. The fourth-order valence-corrected chi connectivity index (χ4v) is 0.158. The molecule has 0 aromatic rings. The van der Waals surface area contributed by atoms with E-state index in [-0.39, 0.29) is 29.6 Å². The Morgan fingerprint density at radius 2 is 2.29 bits per heavy atom. The summed E-state index contributed by atoms with van der Waals surface area (Å²) < 4.78 is 11.3. The maximum absolute atomic E-state index is 9.14. The van der Waals surface area contributed by atoms with Crippen molar-refractivity contribution in [3.05, 3.63) is 0 Å². The van der Waals surface area contributed by atoms with Crippen LogP contribution in [0.3, 0.4) is 0 Å². The van der Waals surface area contributed by atoms with Gasteiger partial charge in [-0.3, -0.25) is 0 Å². The number of hydrogen-bond acceptors (Lipinski definition) is 4. The number of rotatable bonds is 1. The minimum absolute atomic E-state index is 0. The largest absolute Gasteiger partial charge is 1.00 e. The van der Waals surface area contributed by atoms with Crippen LogP contribution < -0.4 is 34.7 Å². The van der Waals surface area contributed by atoms with E-state index in [1.54, 1.807) is 0 Å². The first-order chi connectivity index (χ1) is 2.77. The van der Waals surface area contributed by atoms with Gasteiger partial charge in [-0.15, -0.1) is 0 Å². The Hall–Kier alpha value is 0.762. The van der Waals surface area contributed by atoms with E-state index >= 15 is 0 Å². The standard InChI is InChI=1S/CH2O3.Al.Na.H2O.H/c2-1(3)4;;;;/h(H2,2,3,4);;;1H2;/q;+2;+1;;/p-3. The molecule has 0 saturated heterocycles. The summed E-state index contributed by atoms with van der Waals surface area (Å²) in [5.41, 5.74) is 0. The number of hydrogen-bond donors (Lipinski definition) is 1. The number of carboxylic acid groups (broad SMARTS) is 1. The van der Waals surface area contributed by atoms with E-state index in [1.165, 1.54) is 0 Å². The van der Waals surface area contributed by atoms with Crippen LogP contribution in [-0.4, -0.2) is 26.2 Å². The molecule has 0 aliphatic rings. The van der Waals surface area contributed by atoms with Crippen molar-refractivity contribution >= 4 is 22.0 Å². The van der Waals surface area contributed by atoms with Gasteiger partial charge in [0, 0.05) is 0 Å². The Balaban J connectivity index is 0. The summed E-state index contributed by atoms with van der Waals surface area (Å²) in [5, 5.41) is 9.14. The van der Waals surface area contributed by atoms with E-state index in [1.807, 2.05) is 0 Å². The predicted octanol–water partition coefficient (Wildman–Crippen LogP) is -5.39. The van der Waals surface area contributed by atoms with Crippen LogP contribution in [0.25, 0.3) is 0 Å². The van der Waals surface area contributed by atoms with Crippen LogP contribution in [0.4, 0.5) is 4.79 Å². The van der Waals surface area contributed by atoms with Crippen molar-refractivity contribution in [2.24, 2.45) is 0 Å². The molecule has 0 heterocycles. The Morgan fingerprint density at radius 1 is 1.86 bits per heavy atom. The number of carbonyl (C=O) groups is 1. The fraction of sp³-hybridized carbons (Fsp3) is 0. The smallest absolute Gasteiger partial charge is 0.637 e. The summed E-state index contributed by atoms with van der Waals surface area (Å²) in [6.07, 6.45) is -1.65. The third kappa shape index (κ3) is 10.8. The zero-order valence-electron chi connectivity index (χ0n) is 3.88. The van der Waals surface area contributed by atoms with E-state index < -0.39 is 22.0 Å². The van der Waals surface area contributed by atoms with Gasteiger partial charge in [-0.1, -0.05) is 0 Å². The van der Waals surface area contributed by atoms with Crippen molar-refractivity contribution in [2.75, 3.05) is 0 Å². The zero-order valence-corrected chi connectivity index (χ0v) is 7.29. The molecule has 4 nitrogen and oxygen atoms in total. The molecule has 1 N–H and O–H groups in total. The molecule has 0 radical (unpaired) electrons. The maximum Gasteiger partial charge on any atom is 1.00 e. The molecule has 0 saturated carbocycles. The second-order valence-electron chi connectivity index (χ2n) is 0.523. The van der Waals surface area contributed by atoms with Crippen molar-refractivity contribution in [3.63, 3.8) is 0 Å². The fourth-order valence-electron chi connectivity index (χ4n) is 0.0527. The third-order valence-electron chi connectivity index (χ3n) is 0.182. The van der Waals surface area contributed by atoms with Gasteiger partial charge >= 0.3 is 45.4 Å². The Kier molecular flexibility index (Phi) is 10.3. The summed E-state index contributed by atoms with van der Waals surface area (Å²) >= 11 is -1.80. The third-order valence-corrected chi connectivity index (χ3v) is 0.547. The summed E-state index contributed by atoms with van der Waals surface area (Å²) in [6.45, 7) is 0. The summed E-state index contributed by atoms with van der Waals surface area (Å²) in [4.78, 5) is 9.14. The van der Waals surface area contributed by atoms with Crippen LogP contribution in [0.15, 0.2) is 0 Å². The Morgan fingerprint density at radius 3 is 2.29 bits per heavy atom. The van der Waals surface area contributed by atoms with E-state index in [0.717, 1.165) is 0 Å². The van der Waals surface area contributed by atoms with Gasteiger partial charge in [0.2, 0.25) is 6.16 Å². The molecule has 0 aromatic carbocycles. The first kappa shape index (κ1) is 10.7. The Labute approximate surface area is 69.1 Å². The molecule has 0 rings (SSSR count). The second kappa shape index (κ2) is 6.76. The summed E-state index contributed by atoms with van der Waals surface area (Å²) in [6, 6.07) is 0. The molecule has 34 valence electrons. The average molecular weight is 128 g/mol. The average Bonchev–Trinajstić information content (AvgIpc) is 1.35. The molecule has 0 unspecified atom stereocenters. The minimum Gasteiger partial charge on any atom is -0.637 e. The molecular formula is CH2AlNaO4. The van der Waals surface area contributed by atoms with Crippen LogP contribution in [0.5, 0.6) is 0 Å². The molecule has 0 spiro atoms. The normalized spacial score (nSPS) is 5.86. The summed E-state index contributed by atoms with van der Waals surface area (Å²) in [5.74, 6) is 0. The van der Waals surface area contributed by atoms with Crippen LogP contribution in [0, 0.1) is 0 Å². The van der Waals surface area contributed by atoms with E-state index in [9.17, 15) is 0 Å². The maximum atomic E-state index is 9.14. The second-order valence-corrected chi connectivity index (χ2v) is 1.07. The van der Waals surface area contributed by atoms with Crippen molar-refractivity contribution < 1.29 is 47.4 Å². The van der Waals surface area contributed by atoms with Gasteiger partial charge in [0.25, 0.3) is 0 Å². The van der Waals surface area contributed by atoms with E-state index in [4.69, 9.17) is 14.1 Å². The molecular weight excluding hydrogens is 126 g/mol. The van der Waals surface area contributed by atoms with Gasteiger partial charge in [0.15, 0.2) is 0 Å². The van der Waals surface area contributed by atoms with Gasteiger partial charge in [-0.05, 0) is 0 Å². The molecule has 0 atom stereocenters. The van der Waals surface area contributed by atoms with Crippen molar-refractivity contribution in [1.82, 2.24) is 0 Å². The van der Waals surface area contributed by atoms with Gasteiger partial charge in [0.1, 0.15) is 0 Å². The van der Waals surface area contributed by atoms with Gasteiger partial charge in [0.05, 0.1) is 0 Å². The molecule has 0 aliphatic carbocycles. The molecule has 0 aliphatic heterocycles. The number of carbonyl (C=O) groups excluding carboxylic acids is 1. The minimum atomic E-state index is -1.80. The van der Waals surface area contributed by atoms with Crippen LogP contribution in [0.2, 0.25) is 0 Å². The zero-order chi connectivity index (χ0) is 4.99. The van der Waals surface area contributed by atoms with Crippen LogP contribution >= 0.6 is 0 Å². The first-order valence-corrected chi connectivity index (χ1v) is 2.43. The predicted molar refractivity (Wildman–Crippen MR) is 15.8 cm³/mol. The molecule has 0 aromatic heterocycles. The monoisotopic (exact) mass is 128 g/mol. The van der Waals surface area contributed by atoms with Crippen molar-refractivity contribution in [1.29, 1.82) is 0 Å². The van der Waals surface area contributed by atoms with Gasteiger partial charge < -0.3 is 17.8 Å². The van der Waals surface area contributed by atoms with Gasteiger partial charge in [-0.2, -0.15) is 0 Å². The first-order valence-electron chi connectivity index (χ1n) is 1.22. The molecule has 0 amide bonds. The SMILES string of the molecule is O=C([O-])[O][AlH][OH].[Na+]. The molecule has 7 heavy (non-hydrogen) atoms. The van der Waals surface area contributed by atoms with Crippen molar-refractivity contribution in [2.45, 2.75) is 0 Å². The van der Waals surface area contributed by atoms with Crippen molar-refractivity contribution in [3.8, 4) is 0 Å². The van der Waals surface area contributed by atoms with E-state index in [0.29, 0.717) is 0 Å². The molecule has 0 bridgehead atoms. The van der Waals surface area contributed by atoms with Gasteiger partial charge in [-0.25, -0.2) is 0 Å².